The summed E-state index contributed by atoms with van der Waals surface area (Å²) in [6.07, 6.45) is 1.06. The fraction of sp³-hybridized carbons (Fsp3) is 0.800. The first kappa shape index (κ1) is 13.9. The minimum atomic E-state index is -0.917. The van der Waals surface area contributed by atoms with Gasteiger partial charge in [0, 0.05) is 0 Å². The number of carbonyl (C=O) groups is 2. The molecule has 88 valence electrons. The van der Waals surface area contributed by atoms with Crippen molar-refractivity contribution in [2.24, 2.45) is 11.8 Å². The highest BCUT2D eigenvalue weighted by Gasteiger charge is 2.31. The van der Waals surface area contributed by atoms with E-state index in [0.29, 0.717) is 12.8 Å². The van der Waals surface area contributed by atoms with Crippen molar-refractivity contribution in [3.05, 3.63) is 0 Å². The lowest BCUT2D eigenvalue weighted by atomic mass is 10.0. The number of ether oxygens (including phenoxy) is 1. The minimum absolute atomic E-state index is 0.380. The summed E-state index contributed by atoms with van der Waals surface area (Å²) in [6.45, 7) is 7.08. The first-order valence-electron chi connectivity index (χ1n) is 4.95. The Bertz CT molecular complexity index is 232. The fourth-order valence-corrected chi connectivity index (χ4v) is 1.08. The van der Waals surface area contributed by atoms with Crippen molar-refractivity contribution in [3.8, 4) is 0 Å². The molecular formula is C10H19NO4. The van der Waals surface area contributed by atoms with Gasteiger partial charge in [-0.3, -0.25) is 4.79 Å². The molecule has 0 radical (unpaired) electrons. The summed E-state index contributed by atoms with van der Waals surface area (Å²) >= 11 is 0. The summed E-state index contributed by atoms with van der Waals surface area (Å²) in [7, 11) is 0. The van der Waals surface area contributed by atoms with Gasteiger partial charge in [-0.1, -0.05) is 13.3 Å². The molecule has 0 unspecified atom stereocenters. The van der Waals surface area contributed by atoms with Crippen molar-refractivity contribution in [2.45, 2.75) is 46.1 Å². The number of hydrogen-bond donors (Lipinski definition) is 1. The largest absolute Gasteiger partial charge is 0.459 e. The van der Waals surface area contributed by atoms with E-state index in [1.807, 2.05) is 6.92 Å². The van der Waals surface area contributed by atoms with Crippen LogP contribution in [0.1, 0.15) is 40.5 Å². The Kier molecular flexibility index (Phi) is 5.28. The van der Waals surface area contributed by atoms with Gasteiger partial charge >= 0.3 is 11.9 Å². The normalized spacial score (nSPS) is 13.1. The van der Waals surface area contributed by atoms with Gasteiger partial charge in [-0.15, -0.1) is 0 Å². The van der Waals surface area contributed by atoms with Crippen LogP contribution >= 0.6 is 0 Å². The maximum atomic E-state index is 11.6. The van der Waals surface area contributed by atoms with Gasteiger partial charge in [-0.25, -0.2) is 4.79 Å². The van der Waals surface area contributed by atoms with Crippen molar-refractivity contribution >= 4 is 11.9 Å². The van der Waals surface area contributed by atoms with Crippen LogP contribution in [0.2, 0.25) is 0 Å². The second kappa shape index (κ2) is 5.70. The number of rotatable bonds is 4. The molecule has 0 saturated heterocycles. The molecule has 5 nitrogen and oxygen atoms in total. The minimum Gasteiger partial charge on any atom is -0.459 e. The number of carbonyl (C=O) groups excluding carboxylic acids is 2. The average molecular weight is 217 g/mol. The predicted octanol–water partition coefficient (Wildman–Crippen LogP) is 1.16. The van der Waals surface area contributed by atoms with Crippen molar-refractivity contribution < 1.29 is 19.2 Å². The summed E-state index contributed by atoms with van der Waals surface area (Å²) < 4.78 is 5.08. The molecule has 0 amide bonds. The molecule has 0 aromatic carbocycles. The van der Waals surface area contributed by atoms with Crippen LogP contribution < -0.4 is 5.90 Å². The maximum absolute atomic E-state index is 11.6. The molecule has 0 fully saturated rings. The Morgan fingerprint density at radius 3 is 2.13 bits per heavy atom. The van der Waals surface area contributed by atoms with Crippen molar-refractivity contribution in [3.63, 3.8) is 0 Å². The van der Waals surface area contributed by atoms with Crippen molar-refractivity contribution in [2.75, 3.05) is 0 Å². The van der Waals surface area contributed by atoms with Crippen LogP contribution in [-0.2, 0) is 19.2 Å². The second-order valence-corrected chi connectivity index (χ2v) is 4.31. The third-order valence-electron chi connectivity index (χ3n) is 1.67. The van der Waals surface area contributed by atoms with E-state index in [4.69, 9.17) is 10.6 Å². The molecule has 2 N–H and O–H groups in total. The zero-order valence-electron chi connectivity index (χ0n) is 9.70. The molecule has 0 aliphatic heterocycles. The van der Waals surface area contributed by atoms with Gasteiger partial charge in [0.15, 0.2) is 5.92 Å². The monoisotopic (exact) mass is 217 g/mol. The van der Waals surface area contributed by atoms with E-state index in [1.54, 1.807) is 20.8 Å². The third-order valence-corrected chi connectivity index (χ3v) is 1.67. The lowest BCUT2D eigenvalue weighted by Crippen LogP contribution is -2.34. The molecule has 1 atom stereocenters. The first-order valence-corrected chi connectivity index (χ1v) is 4.95. The zero-order valence-corrected chi connectivity index (χ0v) is 9.70. The molecule has 5 heteroatoms. The highest BCUT2D eigenvalue weighted by atomic mass is 16.7. The topological polar surface area (TPSA) is 78.6 Å². The van der Waals surface area contributed by atoms with E-state index in [9.17, 15) is 9.59 Å². The second-order valence-electron chi connectivity index (χ2n) is 4.31. The SMILES string of the molecule is CCC[C@H](C(=O)ON)C(=O)OC(C)(C)C. The average Bonchev–Trinajstić information content (AvgIpc) is 2.10. The Labute approximate surface area is 89.9 Å². The van der Waals surface area contributed by atoms with Gasteiger partial charge < -0.3 is 9.57 Å². The quantitative estimate of drug-likeness (QED) is 0.434. The van der Waals surface area contributed by atoms with Crippen LogP contribution in [0.25, 0.3) is 0 Å². The van der Waals surface area contributed by atoms with Crippen LogP contribution in [0.5, 0.6) is 0 Å². The van der Waals surface area contributed by atoms with Crippen molar-refractivity contribution in [1.29, 1.82) is 0 Å². The summed E-state index contributed by atoms with van der Waals surface area (Å²) in [4.78, 5) is 26.8. The molecule has 0 saturated carbocycles. The molecular weight excluding hydrogens is 198 g/mol. The van der Waals surface area contributed by atoms with Crippen molar-refractivity contribution in [1.82, 2.24) is 0 Å². The Morgan fingerprint density at radius 1 is 1.27 bits per heavy atom. The Hall–Kier alpha value is -1.10. The van der Waals surface area contributed by atoms with E-state index in [0.717, 1.165) is 0 Å². The summed E-state index contributed by atoms with van der Waals surface area (Å²) in [5, 5.41) is 0. The first-order chi connectivity index (χ1) is 6.81. The lowest BCUT2D eigenvalue weighted by molar-refractivity contribution is -0.169. The van der Waals surface area contributed by atoms with E-state index in [2.05, 4.69) is 4.84 Å². The fourth-order valence-electron chi connectivity index (χ4n) is 1.08. The van der Waals surface area contributed by atoms with Gasteiger partial charge in [0.25, 0.3) is 0 Å². The number of esters is 1. The maximum Gasteiger partial charge on any atom is 0.338 e. The molecule has 0 rings (SSSR count). The van der Waals surface area contributed by atoms with E-state index < -0.39 is 23.5 Å². The molecule has 0 bridgehead atoms. The van der Waals surface area contributed by atoms with Gasteiger partial charge in [-0.2, -0.15) is 5.90 Å². The standard InChI is InChI=1S/C10H19NO4/c1-5-6-7(9(13)15-11)8(12)14-10(2,3)4/h7H,5-6,11H2,1-4H3/t7-/m0/s1. The zero-order chi connectivity index (χ0) is 12.1. The third kappa shape index (κ3) is 5.37. The molecule has 0 aromatic heterocycles. The van der Waals surface area contributed by atoms with Crippen LogP contribution in [0.3, 0.4) is 0 Å². The van der Waals surface area contributed by atoms with Gasteiger partial charge in [0.05, 0.1) is 0 Å². The molecule has 15 heavy (non-hydrogen) atoms. The van der Waals surface area contributed by atoms with Crippen LogP contribution in [0.15, 0.2) is 0 Å². The van der Waals surface area contributed by atoms with E-state index >= 15 is 0 Å². The van der Waals surface area contributed by atoms with Crippen LogP contribution in [0.4, 0.5) is 0 Å². The highest BCUT2D eigenvalue weighted by Crippen LogP contribution is 2.15. The smallest absolute Gasteiger partial charge is 0.338 e. The highest BCUT2D eigenvalue weighted by molar-refractivity contribution is 5.94. The van der Waals surface area contributed by atoms with Crippen LogP contribution in [0, 0.1) is 5.92 Å². The Balaban J connectivity index is 4.49. The molecule has 0 aromatic rings. The molecule has 0 aliphatic rings. The summed E-state index contributed by atoms with van der Waals surface area (Å²) in [5.41, 5.74) is -0.613. The molecule has 0 spiro atoms. The van der Waals surface area contributed by atoms with Gasteiger partial charge in [0.2, 0.25) is 0 Å². The predicted molar refractivity (Wildman–Crippen MR) is 54.5 cm³/mol. The van der Waals surface area contributed by atoms with Gasteiger partial charge in [-0.05, 0) is 27.2 Å². The van der Waals surface area contributed by atoms with Crippen LogP contribution in [-0.4, -0.2) is 17.5 Å². The number of hydrogen-bond acceptors (Lipinski definition) is 5. The molecule has 0 heterocycles. The van der Waals surface area contributed by atoms with Gasteiger partial charge in [0.1, 0.15) is 5.60 Å². The summed E-state index contributed by atoms with van der Waals surface area (Å²) in [5.74, 6) is 2.50. The van der Waals surface area contributed by atoms with E-state index in [-0.39, 0.29) is 0 Å². The Morgan fingerprint density at radius 2 is 1.80 bits per heavy atom. The number of nitrogens with two attached hydrogens (primary N) is 1. The summed E-state index contributed by atoms with van der Waals surface area (Å²) in [6, 6.07) is 0. The molecule has 0 aliphatic carbocycles. The van der Waals surface area contributed by atoms with E-state index in [1.165, 1.54) is 0 Å². The lowest BCUT2D eigenvalue weighted by Gasteiger charge is -2.22.